The minimum Gasteiger partial charge on any atom is -0.469 e. The molecule has 3 heteroatoms. The lowest BCUT2D eigenvalue weighted by Gasteiger charge is -2.22. The lowest BCUT2D eigenvalue weighted by Crippen LogP contribution is -2.23. The fourth-order valence-corrected chi connectivity index (χ4v) is 1.51. The van der Waals surface area contributed by atoms with Gasteiger partial charge in [0.25, 0.3) is 0 Å². The van der Waals surface area contributed by atoms with Gasteiger partial charge in [-0.3, -0.25) is 4.79 Å². The smallest absolute Gasteiger partial charge is 0.166 e. The van der Waals surface area contributed by atoms with Crippen molar-refractivity contribution in [3.05, 3.63) is 23.7 Å². The van der Waals surface area contributed by atoms with E-state index in [0.717, 1.165) is 24.2 Å². The van der Waals surface area contributed by atoms with Crippen molar-refractivity contribution in [2.24, 2.45) is 0 Å². The van der Waals surface area contributed by atoms with Crippen LogP contribution in [0.25, 0.3) is 0 Å². The van der Waals surface area contributed by atoms with E-state index in [4.69, 9.17) is 9.15 Å². The Balaban J connectivity index is 2.60. The maximum absolute atomic E-state index is 11.9. The summed E-state index contributed by atoms with van der Waals surface area (Å²) in [6.45, 7) is 5.95. The van der Waals surface area contributed by atoms with E-state index in [1.54, 1.807) is 19.4 Å². The number of rotatable bonds is 6. The van der Waals surface area contributed by atoms with Crippen LogP contribution < -0.4 is 0 Å². The molecule has 0 aliphatic carbocycles. The van der Waals surface area contributed by atoms with Gasteiger partial charge in [0.2, 0.25) is 0 Å². The molecule has 0 radical (unpaired) electrons. The molecule has 0 unspecified atom stereocenters. The van der Waals surface area contributed by atoms with Crippen molar-refractivity contribution in [2.75, 3.05) is 7.11 Å². The monoisotopic (exact) mass is 224 g/mol. The molecule has 0 saturated heterocycles. The molecule has 3 nitrogen and oxygen atoms in total. The minimum absolute atomic E-state index is 0.135. The standard InChI is InChI=1S/C13H20O3/c1-5-12-10(7-9-16-12)11(14)6-8-13(2,3)15-4/h7,9H,5-6,8H2,1-4H3. The Morgan fingerprint density at radius 1 is 1.50 bits per heavy atom. The van der Waals surface area contributed by atoms with Crippen LogP contribution in [0.5, 0.6) is 0 Å². The van der Waals surface area contributed by atoms with Crippen molar-refractivity contribution in [2.45, 2.75) is 45.6 Å². The second-order valence-electron chi connectivity index (χ2n) is 4.50. The molecule has 0 N–H and O–H groups in total. The van der Waals surface area contributed by atoms with Crippen molar-refractivity contribution < 1.29 is 13.9 Å². The predicted octanol–water partition coefficient (Wildman–Crippen LogP) is 3.23. The van der Waals surface area contributed by atoms with Gasteiger partial charge in [0.15, 0.2) is 5.78 Å². The maximum Gasteiger partial charge on any atom is 0.166 e. The molecule has 0 aromatic carbocycles. The highest BCUT2D eigenvalue weighted by Crippen LogP contribution is 2.19. The molecule has 1 rings (SSSR count). The topological polar surface area (TPSA) is 39.4 Å². The van der Waals surface area contributed by atoms with Gasteiger partial charge in [0, 0.05) is 20.0 Å². The van der Waals surface area contributed by atoms with Crippen LogP contribution in [-0.2, 0) is 11.2 Å². The molecule has 0 atom stereocenters. The van der Waals surface area contributed by atoms with Gasteiger partial charge in [-0.2, -0.15) is 0 Å². The van der Waals surface area contributed by atoms with E-state index in [1.807, 2.05) is 20.8 Å². The molecule has 0 saturated carbocycles. The molecule has 0 spiro atoms. The molecule has 1 heterocycles. The van der Waals surface area contributed by atoms with Gasteiger partial charge >= 0.3 is 0 Å². The van der Waals surface area contributed by atoms with Gasteiger partial charge in [-0.15, -0.1) is 0 Å². The third-order valence-electron chi connectivity index (χ3n) is 2.87. The second-order valence-corrected chi connectivity index (χ2v) is 4.50. The van der Waals surface area contributed by atoms with E-state index in [1.165, 1.54) is 0 Å². The predicted molar refractivity (Wildman–Crippen MR) is 62.7 cm³/mol. The Hall–Kier alpha value is -1.09. The van der Waals surface area contributed by atoms with Gasteiger partial charge in [-0.1, -0.05) is 6.92 Å². The molecule has 0 fully saturated rings. The van der Waals surface area contributed by atoms with E-state index in [-0.39, 0.29) is 11.4 Å². The number of methoxy groups -OCH3 is 1. The first-order valence-electron chi connectivity index (χ1n) is 5.65. The molecular weight excluding hydrogens is 204 g/mol. The summed E-state index contributed by atoms with van der Waals surface area (Å²) in [5.41, 5.74) is 0.473. The van der Waals surface area contributed by atoms with E-state index >= 15 is 0 Å². The summed E-state index contributed by atoms with van der Waals surface area (Å²) < 4.78 is 10.5. The normalized spacial score (nSPS) is 11.8. The number of carbonyl (C=O) groups excluding carboxylic acids is 1. The summed E-state index contributed by atoms with van der Waals surface area (Å²) in [4.78, 5) is 11.9. The Morgan fingerprint density at radius 3 is 2.75 bits per heavy atom. The van der Waals surface area contributed by atoms with Crippen molar-refractivity contribution in [3.63, 3.8) is 0 Å². The van der Waals surface area contributed by atoms with Crippen LogP contribution in [0.1, 0.15) is 49.7 Å². The van der Waals surface area contributed by atoms with Gasteiger partial charge in [-0.05, 0) is 26.3 Å². The maximum atomic E-state index is 11.9. The van der Waals surface area contributed by atoms with Crippen molar-refractivity contribution in [3.8, 4) is 0 Å². The number of furan rings is 1. The molecule has 1 aromatic rings. The first kappa shape index (κ1) is 13.0. The number of hydrogen-bond donors (Lipinski definition) is 0. The average molecular weight is 224 g/mol. The first-order valence-corrected chi connectivity index (χ1v) is 5.65. The Labute approximate surface area is 96.8 Å². The number of aryl methyl sites for hydroxylation is 1. The number of ether oxygens (including phenoxy) is 1. The SMILES string of the molecule is CCc1occc1C(=O)CCC(C)(C)OC. The molecule has 90 valence electrons. The van der Waals surface area contributed by atoms with Crippen molar-refractivity contribution in [1.82, 2.24) is 0 Å². The zero-order chi connectivity index (χ0) is 12.2. The van der Waals surface area contributed by atoms with Crippen LogP contribution >= 0.6 is 0 Å². The van der Waals surface area contributed by atoms with E-state index in [0.29, 0.717) is 6.42 Å². The van der Waals surface area contributed by atoms with Gasteiger partial charge < -0.3 is 9.15 Å². The lowest BCUT2D eigenvalue weighted by molar-refractivity contribution is 0.0141. The lowest BCUT2D eigenvalue weighted by atomic mass is 9.97. The number of ketones is 1. The molecule has 1 aromatic heterocycles. The van der Waals surface area contributed by atoms with Crippen LogP contribution in [0.15, 0.2) is 16.7 Å². The molecule has 0 amide bonds. The summed E-state index contributed by atoms with van der Waals surface area (Å²) in [7, 11) is 1.67. The summed E-state index contributed by atoms with van der Waals surface area (Å²) in [5, 5.41) is 0. The number of hydrogen-bond acceptors (Lipinski definition) is 3. The van der Waals surface area contributed by atoms with E-state index < -0.39 is 0 Å². The minimum atomic E-state index is -0.244. The first-order chi connectivity index (χ1) is 7.50. The fraction of sp³-hybridized carbons (Fsp3) is 0.615. The molecule has 0 bridgehead atoms. The molecular formula is C13H20O3. The Bertz CT molecular complexity index is 350. The van der Waals surface area contributed by atoms with Gasteiger partial charge in [0.1, 0.15) is 5.76 Å². The fourth-order valence-electron chi connectivity index (χ4n) is 1.51. The van der Waals surface area contributed by atoms with Crippen molar-refractivity contribution >= 4 is 5.78 Å². The zero-order valence-corrected chi connectivity index (χ0v) is 10.5. The Kier molecular flexibility index (Phi) is 4.30. The summed E-state index contributed by atoms with van der Waals surface area (Å²) in [5.74, 6) is 0.913. The van der Waals surface area contributed by atoms with Crippen LogP contribution in [0.4, 0.5) is 0 Å². The second kappa shape index (κ2) is 5.30. The van der Waals surface area contributed by atoms with E-state index in [9.17, 15) is 4.79 Å². The highest BCUT2D eigenvalue weighted by atomic mass is 16.5. The third kappa shape index (κ3) is 3.20. The van der Waals surface area contributed by atoms with Crippen molar-refractivity contribution in [1.29, 1.82) is 0 Å². The number of carbonyl (C=O) groups is 1. The Morgan fingerprint density at radius 2 is 2.19 bits per heavy atom. The van der Waals surface area contributed by atoms with Gasteiger partial charge in [0.05, 0.1) is 17.4 Å². The third-order valence-corrected chi connectivity index (χ3v) is 2.87. The largest absolute Gasteiger partial charge is 0.469 e. The van der Waals surface area contributed by atoms with Crippen LogP contribution in [0, 0.1) is 0 Å². The summed E-state index contributed by atoms with van der Waals surface area (Å²) in [6, 6.07) is 1.75. The highest BCUT2D eigenvalue weighted by molar-refractivity contribution is 5.96. The van der Waals surface area contributed by atoms with E-state index in [2.05, 4.69) is 0 Å². The quantitative estimate of drug-likeness (QED) is 0.696. The van der Waals surface area contributed by atoms with Gasteiger partial charge in [-0.25, -0.2) is 0 Å². The summed E-state index contributed by atoms with van der Waals surface area (Å²) in [6.07, 6.45) is 3.54. The molecule has 0 aliphatic rings. The highest BCUT2D eigenvalue weighted by Gasteiger charge is 2.20. The zero-order valence-electron chi connectivity index (χ0n) is 10.5. The van der Waals surface area contributed by atoms with Crippen LogP contribution in [0.3, 0.4) is 0 Å². The van der Waals surface area contributed by atoms with Crippen LogP contribution in [0.2, 0.25) is 0 Å². The molecule has 16 heavy (non-hydrogen) atoms. The van der Waals surface area contributed by atoms with Crippen LogP contribution in [-0.4, -0.2) is 18.5 Å². The molecule has 0 aliphatic heterocycles. The average Bonchev–Trinajstić information content (AvgIpc) is 2.74. The summed E-state index contributed by atoms with van der Waals surface area (Å²) >= 11 is 0. The number of Topliss-reactive ketones (excluding diaryl/α,β-unsaturated/α-hetero) is 1.